The van der Waals surface area contributed by atoms with Gasteiger partial charge in [0.1, 0.15) is 0 Å². The van der Waals surface area contributed by atoms with Gasteiger partial charge in [-0.3, -0.25) is 0 Å². The maximum Gasteiger partial charge on any atom is 0.347 e. The summed E-state index contributed by atoms with van der Waals surface area (Å²) in [6.07, 6.45) is 23.1. The van der Waals surface area contributed by atoms with Crippen LogP contribution in [-0.2, 0) is 0 Å². The van der Waals surface area contributed by atoms with Crippen LogP contribution in [0.1, 0.15) is 123 Å². The molecule has 0 aliphatic heterocycles. The van der Waals surface area contributed by atoms with Gasteiger partial charge in [0.15, 0.2) is 0 Å². The third-order valence-electron chi connectivity index (χ3n) is 5.79. The van der Waals surface area contributed by atoms with Crippen LogP contribution in [0, 0.1) is 5.21 Å². The second kappa shape index (κ2) is 19.0. The zero-order chi connectivity index (χ0) is 22.6. The van der Waals surface area contributed by atoms with E-state index in [1.165, 1.54) is 103 Å². The van der Waals surface area contributed by atoms with Crippen LogP contribution in [0.4, 0.5) is 11.8 Å². The first-order valence-corrected chi connectivity index (χ1v) is 13.0. The third kappa shape index (κ3) is 14.1. The van der Waals surface area contributed by atoms with Crippen molar-refractivity contribution in [2.75, 3.05) is 24.2 Å². The van der Waals surface area contributed by atoms with Gasteiger partial charge in [0, 0.05) is 6.54 Å². The zero-order valence-electron chi connectivity index (χ0n) is 20.3. The van der Waals surface area contributed by atoms with E-state index in [0.29, 0.717) is 23.0 Å². The number of aromatic nitrogens is 2. The smallest absolute Gasteiger partial charge is 0.347 e. The number of nitrogens with zero attached hydrogens (tertiary/aromatic N) is 2. The van der Waals surface area contributed by atoms with Crippen molar-refractivity contribution in [1.82, 2.24) is 4.98 Å². The summed E-state index contributed by atoms with van der Waals surface area (Å²) in [5.74, 6) is 0.709. The Morgan fingerprint density at radius 1 is 0.806 bits per heavy atom. The van der Waals surface area contributed by atoms with E-state index in [2.05, 4.69) is 17.2 Å². The minimum atomic E-state index is -0.0872. The van der Waals surface area contributed by atoms with Crippen LogP contribution in [0.2, 0.25) is 0 Å². The van der Waals surface area contributed by atoms with E-state index in [0.717, 1.165) is 13.0 Å². The molecule has 0 saturated heterocycles. The van der Waals surface area contributed by atoms with E-state index in [4.69, 9.17) is 10.5 Å². The summed E-state index contributed by atoms with van der Waals surface area (Å²) < 4.78 is 5.96. The summed E-state index contributed by atoms with van der Waals surface area (Å²) in [6.45, 7) is 5.41. The Morgan fingerprint density at radius 2 is 1.26 bits per heavy atom. The summed E-state index contributed by atoms with van der Waals surface area (Å²) >= 11 is 0. The van der Waals surface area contributed by atoms with Gasteiger partial charge in [0.2, 0.25) is 5.82 Å². The molecule has 6 heteroatoms. The lowest BCUT2D eigenvalue weighted by molar-refractivity contribution is -0.577. The van der Waals surface area contributed by atoms with Crippen molar-refractivity contribution in [3.63, 3.8) is 0 Å². The number of nitrogen functional groups attached to an aromatic ring is 1. The molecule has 1 aromatic heterocycles. The van der Waals surface area contributed by atoms with Gasteiger partial charge >= 0.3 is 5.95 Å². The molecule has 1 aromatic rings. The van der Waals surface area contributed by atoms with Gasteiger partial charge in [0.25, 0.3) is 5.88 Å². The second-order valence-electron chi connectivity index (χ2n) is 8.65. The molecular formula is C25H48N4O2. The average molecular weight is 437 g/mol. The molecule has 0 amide bonds. The molecule has 0 radical (unpaired) electrons. The fourth-order valence-electron chi connectivity index (χ4n) is 3.90. The van der Waals surface area contributed by atoms with E-state index < -0.39 is 0 Å². The Hall–Kier alpha value is -1.72. The summed E-state index contributed by atoms with van der Waals surface area (Å²) in [5.41, 5.74) is 5.64. The normalized spacial score (nSPS) is 11.0. The molecule has 0 aromatic carbocycles. The highest BCUT2D eigenvalue weighted by molar-refractivity contribution is 5.36. The lowest BCUT2D eigenvalue weighted by Gasteiger charge is -2.14. The maximum absolute atomic E-state index is 11.9. The summed E-state index contributed by atoms with van der Waals surface area (Å²) in [5, 5.41) is 15.1. The van der Waals surface area contributed by atoms with Crippen molar-refractivity contribution in [2.24, 2.45) is 0 Å². The number of rotatable bonds is 21. The van der Waals surface area contributed by atoms with Crippen LogP contribution < -0.4 is 20.5 Å². The molecule has 0 unspecified atom stereocenters. The van der Waals surface area contributed by atoms with Crippen molar-refractivity contribution in [3.8, 4) is 5.88 Å². The highest BCUT2D eigenvalue weighted by Gasteiger charge is 2.10. The summed E-state index contributed by atoms with van der Waals surface area (Å²) in [4.78, 5) is 3.92. The quantitative estimate of drug-likeness (QED) is 0.126. The van der Waals surface area contributed by atoms with E-state index in [1.54, 1.807) is 6.07 Å². The van der Waals surface area contributed by atoms with Crippen LogP contribution in [0.15, 0.2) is 6.07 Å². The van der Waals surface area contributed by atoms with Crippen LogP contribution >= 0.6 is 0 Å². The summed E-state index contributed by atoms with van der Waals surface area (Å²) in [7, 11) is 0. The Bertz CT molecular complexity index is 555. The van der Waals surface area contributed by atoms with Gasteiger partial charge in [0.05, 0.1) is 12.7 Å². The molecule has 0 atom stereocenters. The van der Waals surface area contributed by atoms with Gasteiger partial charge in [-0.15, -0.1) is 0 Å². The first kappa shape index (κ1) is 27.3. The molecular weight excluding hydrogens is 388 g/mol. The molecule has 6 nitrogen and oxygen atoms in total. The van der Waals surface area contributed by atoms with Gasteiger partial charge < -0.3 is 21.0 Å². The Morgan fingerprint density at radius 3 is 1.71 bits per heavy atom. The van der Waals surface area contributed by atoms with Gasteiger partial charge in [-0.25, -0.2) is 4.73 Å². The molecule has 0 aliphatic carbocycles. The molecule has 0 fully saturated rings. The van der Waals surface area contributed by atoms with Crippen LogP contribution in [0.3, 0.4) is 0 Å². The predicted molar refractivity (Wildman–Crippen MR) is 131 cm³/mol. The number of nitrogens with one attached hydrogen (secondary N) is 1. The summed E-state index contributed by atoms with van der Waals surface area (Å²) in [6, 6.07) is 1.61. The molecule has 1 rings (SSSR count). The molecule has 0 spiro atoms. The number of ether oxygens (including phenoxy) is 1. The van der Waals surface area contributed by atoms with Gasteiger partial charge in [-0.1, -0.05) is 115 Å². The van der Waals surface area contributed by atoms with Gasteiger partial charge in [-0.2, -0.15) is 0 Å². The number of unbranched alkanes of at least 4 members (excludes halogenated alkanes) is 16. The van der Waals surface area contributed by atoms with E-state index >= 15 is 0 Å². The van der Waals surface area contributed by atoms with E-state index in [1.807, 2.05) is 6.92 Å². The van der Waals surface area contributed by atoms with Crippen molar-refractivity contribution >= 4 is 11.8 Å². The van der Waals surface area contributed by atoms with Crippen LogP contribution in [0.25, 0.3) is 0 Å². The Labute approximate surface area is 190 Å². The number of nitrogens with two attached hydrogens (primary N) is 1. The van der Waals surface area contributed by atoms with E-state index in [-0.39, 0.29) is 5.95 Å². The topological polar surface area (TPSA) is 87.1 Å². The van der Waals surface area contributed by atoms with E-state index in [9.17, 15) is 5.21 Å². The van der Waals surface area contributed by atoms with Crippen molar-refractivity contribution in [2.45, 2.75) is 123 Å². The zero-order valence-corrected chi connectivity index (χ0v) is 20.3. The molecule has 180 valence electrons. The largest absolute Gasteiger partial charge is 0.754 e. The van der Waals surface area contributed by atoms with Crippen molar-refractivity contribution in [3.05, 3.63) is 11.3 Å². The number of hydrogen-bond donors (Lipinski definition) is 2. The van der Waals surface area contributed by atoms with Crippen molar-refractivity contribution < 1.29 is 9.47 Å². The van der Waals surface area contributed by atoms with Crippen molar-refractivity contribution in [1.29, 1.82) is 0 Å². The standard InChI is InChI=1S/C25H48N4O2/c1-3-5-6-7-8-9-10-11-12-13-14-15-16-17-18-19-20-21-27-23-22-24(31-4-2)28-25(26)29(23)30/h22,27H,3-21H2,1-2H3,(H2,26,28). The monoisotopic (exact) mass is 436 g/mol. The highest BCUT2D eigenvalue weighted by atomic mass is 16.5. The van der Waals surface area contributed by atoms with Crippen LogP contribution in [-0.4, -0.2) is 18.1 Å². The fourth-order valence-corrected chi connectivity index (χ4v) is 3.90. The second-order valence-corrected chi connectivity index (χ2v) is 8.65. The molecule has 0 bridgehead atoms. The lowest BCUT2D eigenvalue weighted by atomic mass is 10.0. The SMILES string of the molecule is CCCCCCCCCCCCCCCCCCCNc1cc(OCC)nc(N)[n+]1[O-]. The Kier molecular flexibility index (Phi) is 16.7. The molecule has 3 N–H and O–H groups in total. The minimum Gasteiger partial charge on any atom is -0.754 e. The molecule has 1 heterocycles. The maximum atomic E-state index is 11.9. The molecule has 0 aliphatic rings. The number of hydrogen-bond acceptors (Lipinski definition) is 5. The van der Waals surface area contributed by atoms with Crippen LogP contribution in [0.5, 0.6) is 5.88 Å². The minimum absolute atomic E-state index is 0.0872. The van der Waals surface area contributed by atoms with Gasteiger partial charge in [-0.05, 0) is 13.3 Å². The lowest BCUT2D eigenvalue weighted by Crippen LogP contribution is -2.36. The Balaban J connectivity index is 1.89. The average Bonchev–Trinajstić information content (AvgIpc) is 2.76. The first-order chi connectivity index (χ1) is 15.2. The predicted octanol–water partition coefficient (Wildman–Crippen LogP) is 6.76. The highest BCUT2D eigenvalue weighted by Crippen LogP contribution is 2.15. The number of anilines is 2. The third-order valence-corrected chi connectivity index (χ3v) is 5.79. The first-order valence-electron chi connectivity index (χ1n) is 13.0. The molecule has 0 saturated carbocycles. The molecule has 31 heavy (non-hydrogen) atoms. The fraction of sp³-hybridized carbons (Fsp3) is 0.840.